The monoisotopic (exact) mass is 243 g/mol. The third-order valence-electron chi connectivity index (χ3n) is 2.61. The molecule has 0 atom stereocenters. The van der Waals surface area contributed by atoms with E-state index < -0.39 is 5.97 Å². The highest BCUT2D eigenvalue weighted by atomic mass is 16.4. The molecule has 102 valence electrons. The number of hydrogen-bond donors (Lipinski definition) is 0. The Labute approximate surface area is 107 Å². The van der Waals surface area contributed by atoms with Crippen molar-refractivity contribution in [2.45, 2.75) is 47.0 Å². The minimum atomic E-state index is -1.08. The number of carbonyl (C=O) groups excluding carboxylic acids is 1. The lowest BCUT2D eigenvalue weighted by Gasteiger charge is -2.37. The summed E-state index contributed by atoms with van der Waals surface area (Å²) in [7, 11) is 0. The number of carboxylic acid groups (broad SMARTS) is 1. The maximum absolute atomic E-state index is 8.89. The van der Waals surface area contributed by atoms with Crippen molar-refractivity contribution in [2.75, 3.05) is 26.2 Å². The largest absolute Gasteiger partial charge is 0.550 e. The fraction of sp³-hybridized carbons (Fsp3) is 0.786. The summed E-state index contributed by atoms with van der Waals surface area (Å²) in [6.07, 6.45) is 5.94. The summed E-state index contributed by atoms with van der Waals surface area (Å²) >= 11 is 0. The van der Waals surface area contributed by atoms with Gasteiger partial charge in [-0.2, -0.15) is 0 Å². The Morgan fingerprint density at radius 2 is 1.41 bits per heavy atom. The highest BCUT2D eigenvalue weighted by Crippen LogP contribution is 2.11. The highest BCUT2D eigenvalue weighted by Gasteiger charge is 2.22. The molecule has 0 spiro atoms. The number of quaternary nitrogens is 1. The first-order valence-electron chi connectivity index (χ1n) is 6.61. The first-order chi connectivity index (χ1) is 7.97. The van der Waals surface area contributed by atoms with Gasteiger partial charge in [0.1, 0.15) is 0 Å². The standard InChI is InChI=1S/C12H26N.C2H4O2/c1-5-9-13(10-6-2,11-7-3)12-8-4;1-2(3)4/h5H,1,6-12H2,2-4H3;1H3,(H,3,4)/q+1;/p-1. The van der Waals surface area contributed by atoms with Crippen LogP contribution in [0.2, 0.25) is 0 Å². The lowest BCUT2D eigenvalue weighted by Crippen LogP contribution is -2.49. The number of aliphatic carboxylic acids is 1. The Hall–Kier alpha value is -0.830. The molecule has 0 rings (SSSR count). The van der Waals surface area contributed by atoms with Gasteiger partial charge in [-0.25, -0.2) is 0 Å². The predicted molar refractivity (Wildman–Crippen MR) is 71.5 cm³/mol. The Kier molecular flexibility index (Phi) is 12.7. The van der Waals surface area contributed by atoms with E-state index in [0.29, 0.717) is 0 Å². The Balaban J connectivity index is 0. The summed E-state index contributed by atoms with van der Waals surface area (Å²) in [5, 5.41) is 8.89. The molecule has 0 unspecified atom stereocenters. The number of rotatable bonds is 8. The first kappa shape index (κ1) is 18.5. The molecule has 0 bridgehead atoms. The number of carboxylic acids is 1. The van der Waals surface area contributed by atoms with Crippen LogP contribution in [0.4, 0.5) is 0 Å². The summed E-state index contributed by atoms with van der Waals surface area (Å²) in [5.74, 6) is -1.08. The third-order valence-corrected chi connectivity index (χ3v) is 2.61. The van der Waals surface area contributed by atoms with Crippen molar-refractivity contribution >= 4 is 5.97 Å². The zero-order chi connectivity index (χ0) is 13.7. The minimum absolute atomic E-state index is 0.972. The molecule has 0 radical (unpaired) electrons. The molecule has 0 N–H and O–H groups in total. The van der Waals surface area contributed by atoms with Gasteiger partial charge in [0, 0.05) is 5.97 Å². The van der Waals surface area contributed by atoms with Crippen molar-refractivity contribution < 1.29 is 14.4 Å². The summed E-state index contributed by atoms with van der Waals surface area (Å²) in [6.45, 7) is 16.8. The average molecular weight is 243 g/mol. The van der Waals surface area contributed by atoms with Gasteiger partial charge >= 0.3 is 0 Å². The van der Waals surface area contributed by atoms with E-state index in [1.54, 1.807) is 0 Å². The summed E-state index contributed by atoms with van der Waals surface area (Å²) in [6, 6.07) is 0. The van der Waals surface area contributed by atoms with Crippen molar-refractivity contribution in [1.29, 1.82) is 0 Å². The van der Waals surface area contributed by atoms with Crippen LogP contribution in [0, 0.1) is 0 Å². The van der Waals surface area contributed by atoms with Crippen molar-refractivity contribution in [1.82, 2.24) is 0 Å². The Morgan fingerprint density at radius 1 is 1.12 bits per heavy atom. The molecular formula is C14H29NO2. The molecule has 0 aromatic heterocycles. The number of hydrogen-bond acceptors (Lipinski definition) is 2. The van der Waals surface area contributed by atoms with Crippen LogP contribution in [-0.2, 0) is 4.79 Å². The van der Waals surface area contributed by atoms with Crippen LogP contribution in [-0.4, -0.2) is 36.6 Å². The van der Waals surface area contributed by atoms with Crippen molar-refractivity contribution in [2.24, 2.45) is 0 Å². The molecule has 17 heavy (non-hydrogen) atoms. The molecule has 0 fully saturated rings. The maximum Gasteiger partial charge on any atom is 0.0971 e. The molecule has 0 amide bonds. The smallest absolute Gasteiger partial charge is 0.0971 e. The van der Waals surface area contributed by atoms with Crippen LogP contribution < -0.4 is 5.11 Å². The zero-order valence-corrected chi connectivity index (χ0v) is 12.0. The van der Waals surface area contributed by atoms with Crippen LogP contribution >= 0.6 is 0 Å². The van der Waals surface area contributed by atoms with Gasteiger partial charge in [-0.1, -0.05) is 27.4 Å². The summed E-state index contributed by atoms with van der Waals surface area (Å²) < 4.78 is 1.26. The van der Waals surface area contributed by atoms with Crippen LogP contribution in [0.25, 0.3) is 0 Å². The summed E-state index contributed by atoms with van der Waals surface area (Å²) in [5.41, 5.74) is 0. The van der Waals surface area contributed by atoms with E-state index in [2.05, 4.69) is 33.4 Å². The second-order valence-electron chi connectivity index (χ2n) is 4.48. The molecule has 0 aliphatic rings. The maximum atomic E-state index is 8.89. The number of nitrogens with zero attached hydrogens (tertiary/aromatic N) is 1. The van der Waals surface area contributed by atoms with Gasteiger partial charge in [0.2, 0.25) is 0 Å². The van der Waals surface area contributed by atoms with Crippen LogP contribution in [0.15, 0.2) is 12.7 Å². The van der Waals surface area contributed by atoms with E-state index >= 15 is 0 Å². The first-order valence-corrected chi connectivity index (χ1v) is 6.61. The van der Waals surface area contributed by atoms with Crippen LogP contribution in [0.5, 0.6) is 0 Å². The van der Waals surface area contributed by atoms with Gasteiger partial charge in [0.05, 0.1) is 26.2 Å². The topological polar surface area (TPSA) is 40.1 Å². The predicted octanol–water partition coefficient (Wildman–Crippen LogP) is 1.98. The fourth-order valence-electron chi connectivity index (χ4n) is 2.31. The zero-order valence-electron chi connectivity index (χ0n) is 12.0. The Bertz CT molecular complexity index is 181. The van der Waals surface area contributed by atoms with Gasteiger partial charge in [0.15, 0.2) is 0 Å². The molecule has 0 saturated carbocycles. The lowest BCUT2D eigenvalue weighted by molar-refractivity contribution is -0.923. The molecule has 3 nitrogen and oxygen atoms in total. The normalized spacial score (nSPS) is 10.4. The van der Waals surface area contributed by atoms with Crippen LogP contribution in [0.3, 0.4) is 0 Å². The van der Waals surface area contributed by atoms with Gasteiger partial charge < -0.3 is 14.4 Å². The van der Waals surface area contributed by atoms with E-state index in [1.807, 2.05) is 0 Å². The fourth-order valence-corrected chi connectivity index (χ4v) is 2.31. The average Bonchev–Trinajstić information content (AvgIpc) is 2.18. The van der Waals surface area contributed by atoms with Gasteiger partial charge in [0.25, 0.3) is 0 Å². The van der Waals surface area contributed by atoms with E-state index in [0.717, 1.165) is 13.5 Å². The van der Waals surface area contributed by atoms with Crippen LogP contribution in [0.1, 0.15) is 47.0 Å². The molecule has 0 aliphatic carbocycles. The quantitative estimate of drug-likeness (QED) is 0.483. The molecule has 0 aromatic rings. The molecule has 0 saturated heterocycles. The second kappa shape index (κ2) is 11.6. The van der Waals surface area contributed by atoms with Crippen molar-refractivity contribution in [3.8, 4) is 0 Å². The van der Waals surface area contributed by atoms with Crippen molar-refractivity contribution in [3.05, 3.63) is 12.7 Å². The molecule has 0 heterocycles. The number of carbonyl (C=O) groups is 1. The van der Waals surface area contributed by atoms with Gasteiger partial charge in [-0.05, 0) is 32.3 Å². The Morgan fingerprint density at radius 3 is 1.59 bits per heavy atom. The van der Waals surface area contributed by atoms with Gasteiger partial charge in [-0.15, -0.1) is 0 Å². The van der Waals surface area contributed by atoms with E-state index in [1.165, 1.54) is 43.4 Å². The molecular weight excluding hydrogens is 214 g/mol. The molecule has 3 heteroatoms. The van der Waals surface area contributed by atoms with Gasteiger partial charge in [-0.3, -0.25) is 0 Å². The third kappa shape index (κ3) is 11.4. The minimum Gasteiger partial charge on any atom is -0.550 e. The SMILES string of the molecule is C=CC[N+](CCC)(CCC)CCC.CC(=O)[O-]. The highest BCUT2D eigenvalue weighted by molar-refractivity contribution is 5.60. The summed E-state index contributed by atoms with van der Waals surface area (Å²) in [4.78, 5) is 8.89. The lowest BCUT2D eigenvalue weighted by atomic mass is 10.2. The van der Waals surface area contributed by atoms with E-state index in [-0.39, 0.29) is 0 Å². The molecule has 0 aliphatic heterocycles. The van der Waals surface area contributed by atoms with E-state index in [4.69, 9.17) is 9.90 Å². The second-order valence-corrected chi connectivity index (χ2v) is 4.48. The van der Waals surface area contributed by atoms with Crippen molar-refractivity contribution in [3.63, 3.8) is 0 Å². The molecule has 0 aromatic carbocycles. The van der Waals surface area contributed by atoms with E-state index in [9.17, 15) is 0 Å².